The van der Waals surface area contributed by atoms with Gasteiger partial charge >= 0.3 is 5.97 Å². The van der Waals surface area contributed by atoms with Crippen LogP contribution in [-0.4, -0.2) is 43.2 Å². The Kier molecular flexibility index (Phi) is 6.70. The lowest BCUT2D eigenvalue weighted by Crippen LogP contribution is -2.34. The van der Waals surface area contributed by atoms with Crippen LogP contribution in [0.4, 0.5) is 4.39 Å². The molecule has 0 saturated carbocycles. The highest BCUT2D eigenvalue weighted by Gasteiger charge is 2.24. The van der Waals surface area contributed by atoms with Crippen LogP contribution in [0.3, 0.4) is 0 Å². The third-order valence-corrected chi connectivity index (χ3v) is 3.30. The lowest BCUT2D eigenvalue weighted by molar-refractivity contribution is -0.180. The van der Waals surface area contributed by atoms with Crippen LogP contribution in [0.5, 0.6) is 5.75 Å². The van der Waals surface area contributed by atoms with E-state index in [0.717, 1.165) is 12.1 Å². The standard InChI is InChI=1S/C15H21FO7S/c1-10(2)22-15(3,4)23-13-9-11(5-6-12(13)16)14(17)21-7-8-24(18,19)20/h5-6,9-10H,7-8H2,1-4H3,(H,18,19,20). The molecule has 1 aromatic carbocycles. The molecule has 0 aliphatic carbocycles. The van der Waals surface area contributed by atoms with E-state index in [-0.39, 0.29) is 17.4 Å². The third-order valence-electron chi connectivity index (χ3n) is 2.62. The zero-order chi connectivity index (χ0) is 18.5. The predicted molar refractivity (Wildman–Crippen MR) is 84.0 cm³/mol. The fraction of sp³-hybridized carbons (Fsp3) is 0.533. The van der Waals surface area contributed by atoms with E-state index in [9.17, 15) is 17.6 Å². The summed E-state index contributed by atoms with van der Waals surface area (Å²) in [4.78, 5) is 11.8. The van der Waals surface area contributed by atoms with Crippen molar-refractivity contribution in [2.75, 3.05) is 12.4 Å². The number of carbonyl (C=O) groups is 1. The summed E-state index contributed by atoms with van der Waals surface area (Å²) in [5.74, 6) is -3.61. The van der Waals surface area contributed by atoms with E-state index >= 15 is 0 Å². The van der Waals surface area contributed by atoms with Crippen LogP contribution in [-0.2, 0) is 19.6 Å². The van der Waals surface area contributed by atoms with Crippen molar-refractivity contribution < 1.29 is 36.4 Å². The van der Waals surface area contributed by atoms with Crippen molar-refractivity contribution in [1.29, 1.82) is 0 Å². The highest BCUT2D eigenvalue weighted by molar-refractivity contribution is 7.85. The van der Waals surface area contributed by atoms with E-state index in [1.165, 1.54) is 6.07 Å². The smallest absolute Gasteiger partial charge is 0.338 e. The van der Waals surface area contributed by atoms with Gasteiger partial charge in [-0.1, -0.05) is 0 Å². The Bertz CT molecular complexity index is 683. The average Bonchev–Trinajstić information content (AvgIpc) is 2.37. The molecule has 0 atom stereocenters. The predicted octanol–water partition coefficient (Wildman–Crippen LogP) is 2.41. The molecular weight excluding hydrogens is 343 g/mol. The Morgan fingerprint density at radius 3 is 2.50 bits per heavy atom. The highest BCUT2D eigenvalue weighted by Crippen LogP contribution is 2.25. The number of ether oxygens (including phenoxy) is 3. The molecule has 0 saturated heterocycles. The number of hydrogen-bond donors (Lipinski definition) is 1. The molecular formula is C15H21FO7S. The van der Waals surface area contributed by atoms with Gasteiger partial charge < -0.3 is 14.2 Å². The number of rotatable bonds is 8. The van der Waals surface area contributed by atoms with Gasteiger partial charge in [-0.25, -0.2) is 9.18 Å². The molecule has 0 unspecified atom stereocenters. The molecule has 24 heavy (non-hydrogen) atoms. The van der Waals surface area contributed by atoms with Crippen LogP contribution in [0.15, 0.2) is 18.2 Å². The minimum Gasteiger partial charge on any atom is -0.461 e. The first-order valence-electron chi connectivity index (χ1n) is 7.18. The van der Waals surface area contributed by atoms with E-state index in [4.69, 9.17) is 18.8 Å². The zero-order valence-electron chi connectivity index (χ0n) is 13.9. The van der Waals surface area contributed by atoms with Gasteiger partial charge in [-0.15, -0.1) is 0 Å². The van der Waals surface area contributed by atoms with Crippen molar-refractivity contribution in [2.45, 2.75) is 39.6 Å². The lowest BCUT2D eigenvalue weighted by atomic mass is 10.2. The number of esters is 1. The van der Waals surface area contributed by atoms with E-state index in [1.807, 2.05) is 0 Å². The van der Waals surface area contributed by atoms with Crippen LogP contribution in [0, 0.1) is 5.82 Å². The fourth-order valence-electron chi connectivity index (χ4n) is 1.89. The van der Waals surface area contributed by atoms with Crippen molar-refractivity contribution in [1.82, 2.24) is 0 Å². The summed E-state index contributed by atoms with van der Waals surface area (Å²) < 4.78 is 59.2. The van der Waals surface area contributed by atoms with Crippen molar-refractivity contribution in [3.8, 4) is 5.75 Å². The number of hydrogen-bond acceptors (Lipinski definition) is 6. The van der Waals surface area contributed by atoms with Crippen LogP contribution >= 0.6 is 0 Å². The van der Waals surface area contributed by atoms with Crippen LogP contribution in [0.1, 0.15) is 38.1 Å². The van der Waals surface area contributed by atoms with Gasteiger partial charge in [0.05, 0.1) is 11.7 Å². The summed E-state index contributed by atoms with van der Waals surface area (Å²) in [6.07, 6.45) is -0.156. The topological polar surface area (TPSA) is 99.1 Å². The molecule has 136 valence electrons. The second-order valence-corrected chi connectivity index (χ2v) is 7.31. The van der Waals surface area contributed by atoms with Gasteiger partial charge in [0, 0.05) is 13.8 Å². The third kappa shape index (κ3) is 7.24. The molecule has 0 fully saturated rings. The monoisotopic (exact) mass is 364 g/mol. The Morgan fingerprint density at radius 1 is 1.33 bits per heavy atom. The molecule has 1 aromatic rings. The molecule has 0 bridgehead atoms. The van der Waals surface area contributed by atoms with Gasteiger partial charge in [-0.05, 0) is 32.0 Å². The first kappa shape index (κ1) is 20.3. The summed E-state index contributed by atoms with van der Waals surface area (Å²) in [7, 11) is -4.23. The molecule has 0 amide bonds. The molecule has 0 aromatic heterocycles. The SMILES string of the molecule is CC(C)OC(C)(C)Oc1cc(C(=O)OCCS(=O)(=O)O)ccc1F. The summed E-state index contributed by atoms with van der Waals surface area (Å²) in [5.41, 5.74) is -0.0258. The Balaban J connectivity index is 2.83. The minimum absolute atomic E-state index is 0.0258. The molecule has 0 heterocycles. The van der Waals surface area contributed by atoms with E-state index < -0.39 is 40.1 Å². The van der Waals surface area contributed by atoms with E-state index in [0.29, 0.717) is 0 Å². The maximum atomic E-state index is 13.9. The maximum Gasteiger partial charge on any atom is 0.338 e. The van der Waals surface area contributed by atoms with Gasteiger partial charge in [0.1, 0.15) is 12.4 Å². The molecule has 9 heteroatoms. The first-order valence-corrected chi connectivity index (χ1v) is 8.79. The normalized spacial score (nSPS) is 12.3. The molecule has 0 radical (unpaired) electrons. The van der Waals surface area contributed by atoms with Crippen molar-refractivity contribution in [2.24, 2.45) is 0 Å². The zero-order valence-corrected chi connectivity index (χ0v) is 14.7. The highest BCUT2D eigenvalue weighted by atomic mass is 32.2. The Labute approximate surface area is 140 Å². The first-order chi connectivity index (χ1) is 10.9. The Morgan fingerprint density at radius 2 is 1.96 bits per heavy atom. The van der Waals surface area contributed by atoms with Gasteiger partial charge in [0.25, 0.3) is 10.1 Å². The molecule has 0 spiro atoms. The minimum atomic E-state index is -4.23. The van der Waals surface area contributed by atoms with Crippen molar-refractivity contribution in [3.63, 3.8) is 0 Å². The second kappa shape index (κ2) is 7.91. The molecule has 7 nitrogen and oxygen atoms in total. The van der Waals surface area contributed by atoms with E-state index in [1.54, 1.807) is 27.7 Å². The summed E-state index contributed by atoms with van der Waals surface area (Å²) in [6.45, 7) is 6.27. The number of carbonyl (C=O) groups excluding carboxylic acids is 1. The van der Waals surface area contributed by atoms with Crippen LogP contribution in [0.2, 0.25) is 0 Å². The van der Waals surface area contributed by atoms with Crippen LogP contribution in [0.25, 0.3) is 0 Å². The number of benzene rings is 1. The van der Waals surface area contributed by atoms with Crippen molar-refractivity contribution in [3.05, 3.63) is 29.6 Å². The molecule has 1 rings (SSSR count). The Hall–Kier alpha value is -1.71. The van der Waals surface area contributed by atoms with E-state index in [2.05, 4.69) is 0 Å². The summed E-state index contributed by atoms with van der Waals surface area (Å²) >= 11 is 0. The van der Waals surface area contributed by atoms with Crippen molar-refractivity contribution >= 4 is 16.1 Å². The lowest BCUT2D eigenvalue weighted by Gasteiger charge is -2.29. The summed E-state index contributed by atoms with van der Waals surface area (Å²) in [6, 6.07) is 3.34. The second-order valence-electron chi connectivity index (χ2n) is 5.74. The quantitative estimate of drug-likeness (QED) is 0.429. The molecule has 0 aliphatic rings. The van der Waals surface area contributed by atoms with Gasteiger partial charge in [0.15, 0.2) is 11.6 Å². The van der Waals surface area contributed by atoms with Crippen LogP contribution < -0.4 is 4.74 Å². The maximum absolute atomic E-state index is 13.9. The van der Waals surface area contributed by atoms with Gasteiger partial charge in [-0.3, -0.25) is 4.55 Å². The fourth-order valence-corrected chi connectivity index (χ4v) is 2.18. The van der Waals surface area contributed by atoms with Gasteiger partial charge in [-0.2, -0.15) is 8.42 Å². The van der Waals surface area contributed by atoms with Gasteiger partial charge in [0.2, 0.25) is 5.79 Å². The average molecular weight is 364 g/mol. The summed E-state index contributed by atoms with van der Waals surface area (Å²) in [5, 5.41) is 0. The molecule has 1 N–H and O–H groups in total. The largest absolute Gasteiger partial charge is 0.461 e. The number of halogens is 1. The molecule has 0 aliphatic heterocycles.